The fraction of sp³-hybridized carbons (Fsp3) is 0.654. The normalized spacial score (nSPS) is 32.9. The minimum absolute atomic E-state index is 0.0725. The molecule has 3 fully saturated rings. The maximum atomic E-state index is 14.0. The lowest BCUT2D eigenvalue weighted by Gasteiger charge is -2.38. The van der Waals surface area contributed by atoms with Crippen LogP contribution in [0.2, 0.25) is 0 Å². The summed E-state index contributed by atoms with van der Waals surface area (Å²) in [7, 11) is 0. The van der Waals surface area contributed by atoms with E-state index in [-0.39, 0.29) is 36.3 Å². The van der Waals surface area contributed by atoms with Gasteiger partial charge in [0.25, 0.3) is 0 Å². The first kappa shape index (κ1) is 24.7. The Balaban J connectivity index is 1.70. The number of benzene rings is 1. The molecule has 0 saturated carbocycles. The van der Waals surface area contributed by atoms with Crippen LogP contribution in [0.15, 0.2) is 30.3 Å². The van der Waals surface area contributed by atoms with Crippen molar-refractivity contribution in [1.82, 2.24) is 15.5 Å². The Kier molecular flexibility index (Phi) is 6.50. The molecule has 3 N–H and O–H groups in total. The zero-order chi connectivity index (χ0) is 24.8. The maximum Gasteiger partial charge on any atom is 0.246 e. The summed E-state index contributed by atoms with van der Waals surface area (Å²) in [5.41, 5.74) is -0.939. The summed E-state index contributed by atoms with van der Waals surface area (Å²) in [6.45, 7) is 9.55. The van der Waals surface area contributed by atoms with Crippen LogP contribution in [-0.4, -0.2) is 63.7 Å². The number of nitrogens with one attached hydrogen (secondary N) is 2. The van der Waals surface area contributed by atoms with Crippen LogP contribution >= 0.6 is 0 Å². The zero-order valence-electron chi connectivity index (χ0n) is 20.7. The van der Waals surface area contributed by atoms with Gasteiger partial charge in [-0.3, -0.25) is 14.4 Å². The molecule has 3 aliphatic heterocycles. The van der Waals surface area contributed by atoms with Crippen LogP contribution in [-0.2, 0) is 25.7 Å². The lowest BCUT2D eigenvalue weighted by Crippen LogP contribution is -2.59. The van der Waals surface area contributed by atoms with E-state index in [2.05, 4.69) is 10.6 Å². The van der Waals surface area contributed by atoms with Gasteiger partial charge in [-0.05, 0) is 45.1 Å². The zero-order valence-corrected chi connectivity index (χ0v) is 20.7. The highest BCUT2D eigenvalue weighted by Gasteiger charge is 2.78. The third-order valence-electron chi connectivity index (χ3n) is 7.80. The SMILES string of the molecule is CC(C)NC(=O)C1N([C@@H](CO)C(C)C)C(=O)[C@@H]2[C@@H](C(=O)NCc3ccccc3)[C@@]3(C)CCC12O3. The van der Waals surface area contributed by atoms with E-state index in [1.54, 1.807) is 0 Å². The van der Waals surface area contributed by atoms with Crippen molar-refractivity contribution in [2.24, 2.45) is 17.8 Å². The maximum absolute atomic E-state index is 14.0. The molecule has 1 aromatic rings. The average molecular weight is 472 g/mol. The van der Waals surface area contributed by atoms with Gasteiger partial charge in [-0.1, -0.05) is 44.2 Å². The highest BCUT2D eigenvalue weighted by Crippen LogP contribution is 2.63. The Morgan fingerprint density at radius 2 is 1.82 bits per heavy atom. The number of hydrogen-bond donors (Lipinski definition) is 3. The lowest BCUT2D eigenvalue weighted by molar-refractivity contribution is -0.151. The lowest BCUT2D eigenvalue weighted by atomic mass is 9.66. The summed E-state index contributed by atoms with van der Waals surface area (Å²) in [5.74, 6) is -2.35. The van der Waals surface area contributed by atoms with Crippen LogP contribution in [0.5, 0.6) is 0 Å². The number of aliphatic hydroxyl groups excluding tert-OH is 1. The minimum Gasteiger partial charge on any atom is -0.394 e. The summed E-state index contributed by atoms with van der Waals surface area (Å²) in [5, 5.41) is 16.1. The molecule has 34 heavy (non-hydrogen) atoms. The molecule has 4 rings (SSSR count). The number of carbonyl (C=O) groups is 3. The molecule has 0 radical (unpaired) electrons. The molecule has 6 atom stereocenters. The fourth-order valence-corrected chi connectivity index (χ4v) is 6.30. The number of likely N-dealkylation sites (tertiary alicyclic amines) is 1. The van der Waals surface area contributed by atoms with E-state index in [4.69, 9.17) is 4.74 Å². The first-order chi connectivity index (χ1) is 16.1. The van der Waals surface area contributed by atoms with Gasteiger partial charge in [0.05, 0.1) is 30.1 Å². The number of hydrogen-bond acceptors (Lipinski definition) is 5. The molecule has 3 aliphatic rings. The predicted octanol–water partition coefficient (Wildman–Crippen LogP) is 1.61. The van der Waals surface area contributed by atoms with Crippen LogP contribution in [0.1, 0.15) is 53.0 Å². The second-order valence-corrected chi connectivity index (χ2v) is 10.8. The van der Waals surface area contributed by atoms with Gasteiger partial charge in [-0.2, -0.15) is 0 Å². The molecule has 8 heteroatoms. The monoisotopic (exact) mass is 471 g/mol. The Hall–Kier alpha value is -2.45. The van der Waals surface area contributed by atoms with Gasteiger partial charge >= 0.3 is 0 Å². The number of ether oxygens (including phenoxy) is 1. The van der Waals surface area contributed by atoms with Crippen molar-refractivity contribution in [2.45, 2.75) is 83.3 Å². The smallest absolute Gasteiger partial charge is 0.246 e. The number of carbonyl (C=O) groups excluding carboxylic acids is 3. The molecule has 0 aliphatic carbocycles. The Bertz CT molecular complexity index is 951. The van der Waals surface area contributed by atoms with Gasteiger partial charge < -0.3 is 25.4 Å². The molecule has 1 spiro atoms. The number of fused-ring (bicyclic) bond motifs is 1. The van der Waals surface area contributed by atoms with Crippen LogP contribution in [0, 0.1) is 17.8 Å². The molecule has 1 aromatic carbocycles. The van der Waals surface area contributed by atoms with Crippen molar-refractivity contribution in [3.05, 3.63) is 35.9 Å². The van der Waals surface area contributed by atoms with E-state index >= 15 is 0 Å². The summed E-state index contributed by atoms with van der Waals surface area (Å²) in [6.07, 6.45) is 1.11. The Morgan fingerprint density at radius 1 is 1.15 bits per heavy atom. The first-order valence-electron chi connectivity index (χ1n) is 12.3. The Labute approximate surface area is 201 Å². The highest BCUT2D eigenvalue weighted by molar-refractivity contribution is 5.99. The molecule has 0 aromatic heterocycles. The van der Waals surface area contributed by atoms with Crippen molar-refractivity contribution in [3.63, 3.8) is 0 Å². The minimum atomic E-state index is -1.08. The van der Waals surface area contributed by atoms with Gasteiger partial charge in [0.2, 0.25) is 17.7 Å². The quantitative estimate of drug-likeness (QED) is 0.534. The van der Waals surface area contributed by atoms with E-state index in [1.807, 2.05) is 65.0 Å². The predicted molar refractivity (Wildman–Crippen MR) is 126 cm³/mol. The average Bonchev–Trinajstić information content (AvgIpc) is 3.34. The van der Waals surface area contributed by atoms with E-state index in [0.717, 1.165) is 5.56 Å². The number of nitrogens with zero attached hydrogens (tertiary/aromatic N) is 1. The largest absolute Gasteiger partial charge is 0.394 e. The standard InChI is InChI=1S/C26H37N3O5/c1-15(2)18(14-30)29-21(23(32)28-16(3)4)26-12-11-25(5,34-26)19(20(26)24(29)33)22(31)27-13-17-9-7-6-8-10-17/h6-10,15-16,18-21,30H,11-14H2,1-5H3,(H,27,31)(H,28,32)/t18-,19-,20-,21?,25+,26?/m0/s1. The van der Waals surface area contributed by atoms with Crippen LogP contribution in [0.3, 0.4) is 0 Å². The second-order valence-electron chi connectivity index (χ2n) is 10.8. The summed E-state index contributed by atoms with van der Waals surface area (Å²) in [4.78, 5) is 42.5. The van der Waals surface area contributed by atoms with Crippen molar-refractivity contribution in [2.75, 3.05) is 6.61 Å². The van der Waals surface area contributed by atoms with E-state index in [1.165, 1.54) is 4.90 Å². The highest BCUT2D eigenvalue weighted by atomic mass is 16.5. The summed E-state index contributed by atoms with van der Waals surface area (Å²) < 4.78 is 6.58. The molecule has 2 bridgehead atoms. The van der Waals surface area contributed by atoms with Gasteiger partial charge in [0.1, 0.15) is 11.6 Å². The van der Waals surface area contributed by atoms with Gasteiger partial charge in [0.15, 0.2) is 0 Å². The van der Waals surface area contributed by atoms with Crippen molar-refractivity contribution in [3.8, 4) is 0 Å². The molecule has 2 unspecified atom stereocenters. The third kappa shape index (κ3) is 3.81. The van der Waals surface area contributed by atoms with E-state index in [9.17, 15) is 19.5 Å². The van der Waals surface area contributed by atoms with E-state index in [0.29, 0.717) is 19.4 Å². The van der Waals surface area contributed by atoms with Crippen LogP contribution in [0.25, 0.3) is 0 Å². The fourth-order valence-electron chi connectivity index (χ4n) is 6.30. The number of amides is 3. The van der Waals surface area contributed by atoms with Gasteiger partial charge in [-0.15, -0.1) is 0 Å². The molecule has 8 nitrogen and oxygen atoms in total. The molecule has 186 valence electrons. The van der Waals surface area contributed by atoms with Crippen LogP contribution < -0.4 is 10.6 Å². The first-order valence-corrected chi connectivity index (χ1v) is 12.3. The molecule has 3 saturated heterocycles. The third-order valence-corrected chi connectivity index (χ3v) is 7.80. The summed E-state index contributed by atoms with van der Waals surface area (Å²) >= 11 is 0. The van der Waals surface area contributed by atoms with Crippen molar-refractivity contribution in [1.29, 1.82) is 0 Å². The van der Waals surface area contributed by atoms with Crippen LogP contribution in [0.4, 0.5) is 0 Å². The molecule has 3 heterocycles. The van der Waals surface area contributed by atoms with Gasteiger partial charge in [-0.25, -0.2) is 0 Å². The molecular formula is C26H37N3O5. The van der Waals surface area contributed by atoms with Gasteiger partial charge in [0, 0.05) is 12.6 Å². The topological polar surface area (TPSA) is 108 Å². The summed E-state index contributed by atoms with van der Waals surface area (Å²) in [6, 6.07) is 8.06. The van der Waals surface area contributed by atoms with Crippen molar-refractivity contribution < 1.29 is 24.2 Å². The Morgan fingerprint density at radius 3 is 2.41 bits per heavy atom. The second kappa shape index (κ2) is 8.96. The number of aliphatic hydroxyl groups is 1. The van der Waals surface area contributed by atoms with Crippen molar-refractivity contribution >= 4 is 17.7 Å². The molecule has 3 amide bonds. The van der Waals surface area contributed by atoms with E-state index < -0.39 is 35.1 Å². The molecular weight excluding hydrogens is 434 g/mol. The number of rotatable bonds is 8.